The van der Waals surface area contributed by atoms with Crippen LogP contribution in [0.3, 0.4) is 0 Å². The van der Waals surface area contributed by atoms with Crippen LogP contribution < -0.4 is 4.90 Å². The van der Waals surface area contributed by atoms with Crippen molar-refractivity contribution < 1.29 is 4.79 Å². The maximum absolute atomic E-state index is 13.6. The van der Waals surface area contributed by atoms with Crippen LogP contribution in [0.1, 0.15) is 33.4 Å². The molecule has 1 aliphatic rings. The minimum atomic E-state index is -0.364. The fraction of sp³-hybridized carbons (Fsp3) is 0.182. The number of anilines is 1. The topological polar surface area (TPSA) is 68.8 Å². The number of amides is 1. The van der Waals surface area contributed by atoms with E-state index in [2.05, 4.69) is 37.8 Å². The molecule has 156 valence electrons. The number of hydrogen-bond acceptors (Lipinski definition) is 4. The minimum Gasteiger partial charge on any atom is -0.316 e. The van der Waals surface area contributed by atoms with Crippen molar-refractivity contribution >= 4 is 50.2 Å². The van der Waals surface area contributed by atoms with Crippen molar-refractivity contribution in [2.24, 2.45) is 7.05 Å². The number of hydrogen-bond donors (Lipinski definition) is 0. The Kier molecular flexibility index (Phi) is 4.71. The second-order valence-electron chi connectivity index (χ2n) is 7.49. The number of carbonyl (C=O) groups excluding carboxylic acids is 1. The highest BCUT2D eigenvalue weighted by Crippen LogP contribution is 2.43. The van der Waals surface area contributed by atoms with Gasteiger partial charge in [0.25, 0.3) is 5.91 Å². The number of halogens is 2. The molecule has 0 N–H and O–H groups in total. The monoisotopic (exact) mass is 496 g/mol. The molecule has 1 aliphatic heterocycles. The molecule has 0 saturated heterocycles. The molecule has 1 unspecified atom stereocenters. The third kappa shape index (κ3) is 3.01. The summed E-state index contributed by atoms with van der Waals surface area (Å²) < 4.78 is 4.28. The molecule has 2 aromatic carbocycles. The summed E-state index contributed by atoms with van der Waals surface area (Å²) in [5.41, 5.74) is 5.57. The number of benzene rings is 2. The van der Waals surface area contributed by atoms with E-state index in [1.165, 1.54) is 0 Å². The van der Waals surface area contributed by atoms with Crippen molar-refractivity contribution in [3.63, 3.8) is 0 Å². The van der Waals surface area contributed by atoms with Gasteiger partial charge in [0.05, 0.1) is 11.2 Å². The van der Waals surface area contributed by atoms with Gasteiger partial charge in [-0.15, -0.1) is 11.7 Å². The van der Waals surface area contributed by atoms with Crippen LogP contribution in [0.2, 0.25) is 5.02 Å². The number of imidazole rings is 1. The molecule has 1 atom stereocenters. The number of aryl methyl sites for hydroxylation is 2. The van der Waals surface area contributed by atoms with Gasteiger partial charge in [0, 0.05) is 24.3 Å². The summed E-state index contributed by atoms with van der Waals surface area (Å²) in [6.07, 6.45) is 1.79. The largest absolute Gasteiger partial charge is 0.316 e. The molecule has 31 heavy (non-hydrogen) atoms. The Balaban J connectivity index is 1.76. The van der Waals surface area contributed by atoms with E-state index in [-0.39, 0.29) is 11.9 Å². The van der Waals surface area contributed by atoms with Gasteiger partial charge in [0.2, 0.25) is 0 Å². The third-order valence-electron chi connectivity index (χ3n) is 5.57. The van der Waals surface area contributed by atoms with Gasteiger partial charge in [-0.05, 0) is 58.2 Å². The molecule has 3 heterocycles. The number of rotatable bonds is 4. The van der Waals surface area contributed by atoms with Crippen LogP contribution >= 0.6 is 27.5 Å². The van der Waals surface area contributed by atoms with Gasteiger partial charge in [-0.2, -0.15) is 0 Å². The first kappa shape index (κ1) is 20.0. The lowest BCUT2D eigenvalue weighted by Gasteiger charge is -2.27. The Hall–Kier alpha value is -2.97. The third-order valence-corrected chi connectivity index (χ3v) is 6.42. The smallest absolute Gasteiger partial charge is 0.279 e. The average Bonchev–Trinajstić information content (AvgIpc) is 3.36. The van der Waals surface area contributed by atoms with E-state index in [1.54, 1.807) is 15.7 Å². The Labute approximate surface area is 192 Å². The van der Waals surface area contributed by atoms with E-state index in [0.717, 1.165) is 33.5 Å². The normalized spacial score (nSPS) is 15.7. The molecule has 0 saturated carbocycles. The Morgan fingerprint density at radius 2 is 2.00 bits per heavy atom. The summed E-state index contributed by atoms with van der Waals surface area (Å²) >= 11 is 9.64. The number of allylic oxidation sites excluding steroid dienone is 1. The fourth-order valence-electron chi connectivity index (χ4n) is 4.16. The van der Waals surface area contributed by atoms with E-state index in [4.69, 9.17) is 11.6 Å². The first-order valence-electron chi connectivity index (χ1n) is 9.66. The van der Waals surface area contributed by atoms with Crippen LogP contribution in [0.15, 0.2) is 53.8 Å². The van der Waals surface area contributed by atoms with E-state index in [1.807, 2.05) is 54.9 Å². The van der Waals surface area contributed by atoms with Gasteiger partial charge >= 0.3 is 0 Å². The number of nitrogens with zero attached hydrogens (tertiary/aromatic N) is 6. The molecule has 4 aromatic rings. The van der Waals surface area contributed by atoms with E-state index in [9.17, 15) is 4.79 Å². The summed E-state index contributed by atoms with van der Waals surface area (Å²) in [7, 11) is 1.84. The van der Waals surface area contributed by atoms with Crippen LogP contribution in [0, 0.1) is 6.92 Å². The number of carbonyl (C=O) groups is 1. The van der Waals surface area contributed by atoms with Crippen LogP contribution in [0.4, 0.5) is 5.69 Å². The molecule has 0 bridgehead atoms. The summed E-state index contributed by atoms with van der Waals surface area (Å²) in [5.74, 6) is -0.160. The first-order valence-corrected chi connectivity index (χ1v) is 10.8. The lowest BCUT2D eigenvalue weighted by molar-refractivity contribution is 0.0989. The van der Waals surface area contributed by atoms with Crippen LogP contribution in [0.25, 0.3) is 11.0 Å². The predicted octanol–water partition coefficient (Wildman–Crippen LogP) is 4.82. The lowest BCUT2D eigenvalue weighted by atomic mass is 10.0. The van der Waals surface area contributed by atoms with E-state index < -0.39 is 0 Å². The van der Waals surface area contributed by atoms with Crippen molar-refractivity contribution in [3.05, 3.63) is 81.3 Å². The van der Waals surface area contributed by atoms with Crippen molar-refractivity contribution in [2.45, 2.75) is 19.5 Å². The van der Waals surface area contributed by atoms with Crippen molar-refractivity contribution in [1.82, 2.24) is 24.5 Å². The summed E-state index contributed by atoms with van der Waals surface area (Å²) in [6, 6.07) is 11.1. The highest BCUT2D eigenvalue weighted by molar-refractivity contribution is 9.10. The Morgan fingerprint density at radius 3 is 2.71 bits per heavy atom. The molecule has 5 rings (SSSR count). The first-order chi connectivity index (χ1) is 14.9. The zero-order valence-electron chi connectivity index (χ0n) is 16.9. The quantitative estimate of drug-likeness (QED) is 0.379. The van der Waals surface area contributed by atoms with Crippen LogP contribution in [-0.4, -0.2) is 30.5 Å². The SMILES string of the molecule is C=CCn1c(Br)nc2c1C(c1ccc(Cl)cc1)N(c1cc(C)c3nnn(C)c3c1)C2=O. The molecule has 0 aliphatic carbocycles. The highest BCUT2D eigenvalue weighted by Gasteiger charge is 2.44. The summed E-state index contributed by atoms with van der Waals surface area (Å²) in [4.78, 5) is 19.9. The average molecular weight is 498 g/mol. The number of fused-ring (bicyclic) bond motifs is 2. The summed E-state index contributed by atoms with van der Waals surface area (Å²) in [5, 5.41) is 8.99. The molecule has 0 spiro atoms. The zero-order chi connectivity index (χ0) is 21.9. The van der Waals surface area contributed by atoms with Crippen LogP contribution in [0.5, 0.6) is 0 Å². The molecule has 1 amide bonds. The van der Waals surface area contributed by atoms with E-state index >= 15 is 0 Å². The second kappa shape index (κ2) is 7.32. The van der Waals surface area contributed by atoms with Gasteiger partial charge in [-0.1, -0.05) is 35.0 Å². The number of aromatic nitrogens is 5. The predicted molar refractivity (Wildman–Crippen MR) is 123 cm³/mol. The minimum absolute atomic E-state index is 0.160. The van der Waals surface area contributed by atoms with Gasteiger partial charge in [-0.25, -0.2) is 9.67 Å². The van der Waals surface area contributed by atoms with Gasteiger partial charge in [-0.3, -0.25) is 9.69 Å². The van der Waals surface area contributed by atoms with Crippen LogP contribution in [-0.2, 0) is 13.6 Å². The van der Waals surface area contributed by atoms with Crippen molar-refractivity contribution in [2.75, 3.05) is 4.90 Å². The van der Waals surface area contributed by atoms with Gasteiger partial charge < -0.3 is 4.57 Å². The Bertz CT molecular complexity index is 1360. The fourth-order valence-corrected chi connectivity index (χ4v) is 4.80. The standard InChI is InChI=1S/C22H18BrClN6O/c1-4-9-29-20-18(25-22(29)23)21(31)30(19(20)13-5-7-14(24)8-6-13)15-10-12(2)17-16(11-15)28(3)27-26-17/h4-8,10-11,19H,1,9H2,2-3H3. The molecule has 0 radical (unpaired) electrons. The Morgan fingerprint density at radius 1 is 1.26 bits per heavy atom. The molecular weight excluding hydrogens is 480 g/mol. The highest BCUT2D eigenvalue weighted by atomic mass is 79.9. The van der Waals surface area contributed by atoms with Crippen molar-refractivity contribution in [3.8, 4) is 0 Å². The molecule has 0 fully saturated rings. The maximum Gasteiger partial charge on any atom is 0.279 e. The molecular formula is C22H18BrClN6O. The lowest BCUT2D eigenvalue weighted by Crippen LogP contribution is -2.30. The van der Waals surface area contributed by atoms with Gasteiger partial charge in [0.15, 0.2) is 10.4 Å². The maximum atomic E-state index is 13.6. The zero-order valence-corrected chi connectivity index (χ0v) is 19.2. The molecule has 9 heteroatoms. The molecule has 7 nitrogen and oxygen atoms in total. The van der Waals surface area contributed by atoms with Crippen molar-refractivity contribution in [1.29, 1.82) is 0 Å². The van der Waals surface area contributed by atoms with E-state index in [0.29, 0.717) is 22.0 Å². The summed E-state index contributed by atoms with van der Waals surface area (Å²) in [6.45, 7) is 6.35. The second-order valence-corrected chi connectivity index (χ2v) is 8.63. The molecule has 2 aromatic heterocycles. The van der Waals surface area contributed by atoms with Gasteiger partial charge in [0.1, 0.15) is 11.6 Å².